The van der Waals surface area contributed by atoms with E-state index in [0.29, 0.717) is 28.6 Å². The van der Waals surface area contributed by atoms with Gasteiger partial charge in [0, 0.05) is 17.1 Å². The predicted octanol–water partition coefficient (Wildman–Crippen LogP) is 5.48. The largest absolute Gasteiger partial charge is 0.454 e. The molecular formula is C24H19ClN2O5S. The number of nitrogens with zero attached hydrogens (tertiary/aromatic N) is 1. The van der Waals surface area contributed by atoms with Gasteiger partial charge in [-0.25, -0.2) is 8.42 Å². The first-order valence-corrected chi connectivity index (χ1v) is 12.0. The minimum atomic E-state index is -3.97. The normalized spacial score (nSPS) is 12.7. The summed E-state index contributed by atoms with van der Waals surface area (Å²) < 4.78 is 43.5. The zero-order valence-electron chi connectivity index (χ0n) is 17.5. The van der Waals surface area contributed by atoms with Gasteiger partial charge in [0.2, 0.25) is 33.4 Å². The molecule has 0 saturated carbocycles. The Hall–Kier alpha value is -3.49. The maximum Gasteiger partial charge on any atom is 0.234 e. The first-order chi connectivity index (χ1) is 15.9. The molecule has 7 nitrogen and oxygen atoms in total. The quantitative estimate of drug-likeness (QED) is 0.389. The zero-order valence-corrected chi connectivity index (χ0v) is 19.1. The van der Waals surface area contributed by atoms with Crippen LogP contribution in [0.25, 0.3) is 11.5 Å². The third kappa shape index (κ3) is 4.15. The number of fused-ring (bicyclic) bond motifs is 1. The van der Waals surface area contributed by atoms with Gasteiger partial charge in [-0.1, -0.05) is 35.9 Å². The van der Waals surface area contributed by atoms with Crippen molar-refractivity contribution >= 4 is 27.3 Å². The van der Waals surface area contributed by atoms with Crippen LogP contribution in [0, 0.1) is 6.92 Å². The van der Waals surface area contributed by atoms with Gasteiger partial charge in [-0.15, -0.1) is 0 Å². The molecule has 5 rings (SSSR count). The molecular weight excluding hydrogens is 464 g/mol. The van der Waals surface area contributed by atoms with E-state index < -0.39 is 9.84 Å². The van der Waals surface area contributed by atoms with Crippen LogP contribution in [0.4, 0.5) is 5.88 Å². The van der Waals surface area contributed by atoms with Gasteiger partial charge in [0.15, 0.2) is 11.5 Å². The van der Waals surface area contributed by atoms with E-state index in [9.17, 15) is 8.42 Å². The van der Waals surface area contributed by atoms with Crippen molar-refractivity contribution in [3.05, 3.63) is 82.9 Å². The third-order valence-electron chi connectivity index (χ3n) is 5.24. The van der Waals surface area contributed by atoms with Gasteiger partial charge in [0.05, 0.1) is 4.90 Å². The van der Waals surface area contributed by atoms with Crippen molar-refractivity contribution in [2.45, 2.75) is 23.4 Å². The van der Waals surface area contributed by atoms with Crippen LogP contribution >= 0.6 is 11.6 Å². The molecule has 0 atom stereocenters. The topological polar surface area (TPSA) is 90.7 Å². The van der Waals surface area contributed by atoms with Gasteiger partial charge in [0.25, 0.3) is 0 Å². The van der Waals surface area contributed by atoms with Gasteiger partial charge < -0.3 is 19.2 Å². The van der Waals surface area contributed by atoms with Crippen LogP contribution in [0.2, 0.25) is 5.02 Å². The van der Waals surface area contributed by atoms with E-state index >= 15 is 0 Å². The van der Waals surface area contributed by atoms with Crippen molar-refractivity contribution in [1.82, 2.24) is 4.98 Å². The first kappa shape index (κ1) is 21.4. The number of hydrogen-bond donors (Lipinski definition) is 1. The standard InChI is InChI=1S/C24H19ClN2O5S/c1-15-4-2-3-5-19(15)22-27-24(33(28,29)18-9-7-17(25)8-10-18)23(32-22)26-13-16-6-11-20-21(12-16)31-14-30-20/h2-12,26H,13-14H2,1H3. The molecule has 33 heavy (non-hydrogen) atoms. The van der Waals surface area contributed by atoms with Crippen LogP contribution in [0.15, 0.2) is 81.1 Å². The van der Waals surface area contributed by atoms with Gasteiger partial charge in [-0.05, 0) is 60.5 Å². The Morgan fingerprint density at radius 3 is 2.55 bits per heavy atom. The summed E-state index contributed by atoms with van der Waals surface area (Å²) in [5.74, 6) is 1.59. The van der Waals surface area contributed by atoms with Crippen molar-refractivity contribution in [2.75, 3.05) is 12.1 Å². The number of aromatic nitrogens is 1. The SMILES string of the molecule is Cc1ccccc1-c1nc(S(=O)(=O)c2ccc(Cl)cc2)c(NCc2ccc3c(c2)OCO3)o1. The molecule has 168 valence electrons. The van der Waals surface area contributed by atoms with Crippen molar-refractivity contribution in [3.8, 4) is 23.0 Å². The van der Waals surface area contributed by atoms with Crippen molar-refractivity contribution < 1.29 is 22.3 Å². The number of anilines is 1. The Morgan fingerprint density at radius 1 is 1.00 bits per heavy atom. The molecule has 9 heteroatoms. The number of rotatable bonds is 6. The van der Waals surface area contributed by atoms with Crippen LogP contribution in [-0.4, -0.2) is 20.2 Å². The number of nitrogens with one attached hydrogen (secondary N) is 1. The highest BCUT2D eigenvalue weighted by molar-refractivity contribution is 7.91. The highest BCUT2D eigenvalue weighted by Gasteiger charge is 2.29. The van der Waals surface area contributed by atoms with E-state index in [1.165, 1.54) is 24.3 Å². The van der Waals surface area contributed by atoms with Crippen LogP contribution in [0.3, 0.4) is 0 Å². The molecule has 3 aromatic carbocycles. The Kier molecular flexibility index (Phi) is 5.47. The fourth-order valence-corrected chi connectivity index (χ4v) is 4.89. The van der Waals surface area contributed by atoms with Crippen LogP contribution in [0.1, 0.15) is 11.1 Å². The van der Waals surface area contributed by atoms with Gasteiger partial charge in [0.1, 0.15) is 0 Å². The fraction of sp³-hybridized carbons (Fsp3) is 0.125. The molecule has 1 aromatic heterocycles. The minimum Gasteiger partial charge on any atom is -0.454 e. The number of benzene rings is 3. The fourth-order valence-electron chi connectivity index (χ4n) is 3.49. The molecule has 0 spiro atoms. The maximum atomic E-state index is 13.4. The second kappa shape index (κ2) is 8.46. The molecule has 4 aromatic rings. The molecule has 0 unspecified atom stereocenters. The number of halogens is 1. The molecule has 2 heterocycles. The van der Waals surface area contributed by atoms with E-state index in [2.05, 4.69) is 10.3 Å². The summed E-state index contributed by atoms with van der Waals surface area (Å²) in [5, 5.41) is 3.34. The summed E-state index contributed by atoms with van der Waals surface area (Å²) in [4.78, 5) is 4.46. The number of sulfone groups is 1. The Balaban J connectivity index is 1.54. The monoisotopic (exact) mass is 482 g/mol. The smallest absolute Gasteiger partial charge is 0.234 e. The molecule has 0 aliphatic carbocycles. The molecule has 1 aliphatic heterocycles. The summed E-state index contributed by atoms with van der Waals surface area (Å²) in [7, 11) is -3.97. The molecule has 1 N–H and O–H groups in total. The maximum absolute atomic E-state index is 13.4. The summed E-state index contributed by atoms with van der Waals surface area (Å²) in [5.41, 5.74) is 2.49. The summed E-state index contributed by atoms with van der Waals surface area (Å²) in [6, 6.07) is 18.9. The lowest BCUT2D eigenvalue weighted by molar-refractivity contribution is 0.174. The molecule has 0 amide bonds. The summed E-state index contributed by atoms with van der Waals surface area (Å²) in [6.45, 7) is 2.38. The molecule has 0 fully saturated rings. The molecule has 1 aliphatic rings. The number of aryl methyl sites for hydroxylation is 1. The zero-order chi connectivity index (χ0) is 23.0. The number of oxazole rings is 1. The Labute approximate surface area is 195 Å². The average molecular weight is 483 g/mol. The van der Waals surface area contributed by atoms with Gasteiger partial charge in [-0.3, -0.25) is 0 Å². The number of hydrogen-bond acceptors (Lipinski definition) is 7. The van der Waals surface area contributed by atoms with Crippen molar-refractivity contribution in [2.24, 2.45) is 0 Å². The van der Waals surface area contributed by atoms with Crippen molar-refractivity contribution in [3.63, 3.8) is 0 Å². The van der Waals surface area contributed by atoms with Gasteiger partial charge >= 0.3 is 0 Å². The molecule has 0 saturated heterocycles. The van der Waals surface area contributed by atoms with Crippen LogP contribution < -0.4 is 14.8 Å². The average Bonchev–Trinajstić information content (AvgIpc) is 3.45. The second-order valence-electron chi connectivity index (χ2n) is 7.47. The Morgan fingerprint density at radius 2 is 1.76 bits per heavy atom. The van der Waals surface area contributed by atoms with Crippen LogP contribution in [-0.2, 0) is 16.4 Å². The first-order valence-electron chi connectivity index (χ1n) is 10.1. The van der Waals surface area contributed by atoms with E-state index in [4.69, 9.17) is 25.5 Å². The highest BCUT2D eigenvalue weighted by atomic mass is 35.5. The van der Waals surface area contributed by atoms with Gasteiger partial charge in [-0.2, -0.15) is 4.98 Å². The van der Waals surface area contributed by atoms with E-state index in [1.807, 2.05) is 49.4 Å². The lowest BCUT2D eigenvalue weighted by Crippen LogP contribution is -2.07. The second-order valence-corrected chi connectivity index (χ2v) is 9.77. The Bertz CT molecular complexity index is 1430. The lowest BCUT2D eigenvalue weighted by Gasteiger charge is -2.07. The van der Waals surface area contributed by atoms with Crippen molar-refractivity contribution in [1.29, 1.82) is 0 Å². The molecule has 0 bridgehead atoms. The van der Waals surface area contributed by atoms with E-state index in [1.54, 1.807) is 0 Å². The van der Waals surface area contributed by atoms with Crippen LogP contribution in [0.5, 0.6) is 11.5 Å². The minimum absolute atomic E-state index is 0.0564. The van der Waals surface area contributed by atoms with E-state index in [-0.39, 0.29) is 28.5 Å². The lowest BCUT2D eigenvalue weighted by atomic mass is 10.1. The molecule has 0 radical (unpaired) electrons. The number of ether oxygens (including phenoxy) is 2. The third-order valence-corrected chi connectivity index (χ3v) is 7.17. The predicted molar refractivity (Wildman–Crippen MR) is 123 cm³/mol. The summed E-state index contributed by atoms with van der Waals surface area (Å²) >= 11 is 5.94. The van der Waals surface area contributed by atoms with E-state index in [0.717, 1.165) is 11.1 Å². The highest BCUT2D eigenvalue weighted by Crippen LogP contribution is 2.35. The summed E-state index contributed by atoms with van der Waals surface area (Å²) in [6.07, 6.45) is 0.